The first-order chi connectivity index (χ1) is 8.60. The average molecular weight is 253 g/mol. The molecular weight excluding hydrogens is 238 g/mol. The topological polar surface area (TPSA) is 106 Å². The molecule has 1 saturated heterocycles. The molecule has 0 bridgehead atoms. The van der Waals surface area contributed by atoms with Crippen LogP contribution >= 0.6 is 0 Å². The zero-order chi connectivity index (χ0) is 13.1. The van der Waals surface area contributed by atoms with E-state index in [9.17, 15) is 14.4 Å². The van der Waals surface area contributed by atoms with Crippen molar-refractivity contribution in [3.05, 3.63) is 32.6 Å². The predicted molar refractivity (Wildman–Crippen MR) is 63.4 cm³/mol. The molecule has 0 aliphatic carbocycles. The molecule has 0 atom stereocenters. The fourth-order valence-electron chi connectivity index (χ4n) is 2.07. The third kappa shape index (κ3) is 2.67. The number of carbonyl (C=O) groups excluding carboxylic acids is 1. The van der Waals surface area contributed by atoms with E-state index in [0.717, 1.165) is 18.9 Å². The maximum absolute atomic E-state index is 12.0. The second kappa shape index (κ2) is 5.18. The number of rotatable bonds is 2. The Kier molecular flexibility index (Phi) is 3.61. The maximum atomic E-state index is 12.0. The predicted octanol–water partition coefficient (Wildman–Crippen LogP) is -1.09. The summed E-state index contributed by atoms with van der Waals surface area (Å²) in [6, 6.07) is 1.09. The number of aromatic nitrogens is 2. The summed E-state index contributed by atoms with van der Waals surface area (Å²) in [5, 5.41) is 9.01. The van der Waals surface area contributed by atoms with Gasteiger partial charge in [-0.3, -0.25) is 14.6 Å². The summed E-state index contributed by atoms with van der Waals surface area (Å²) in [5.74, 6) is -0.123. The van der Waals surface area contributed by atoms with Crippen LogP contribution in [-0.4, -0.2) is 45.6 Å². The second-order valence-electron chi connectivity index (χ2n) is 4.42. The molecule has 7 nitrogen and oxygen atoms in total. The van der Waals surface area contributed by atoms with Crippen LogP contribution in [0.4, 0.5) is 0 Å². The van der Waals surface area contributed by atoms with Gasteiger partial charge in [-0.15, -0.1) is 0 Å². The van der Waals surface area contributed by atoms with Gasteiger partial charge in [0.25, 0.3) is 11.5 Å². The lowest BCUT2D eigenvalue weighted by Gasteiger charge is -2.30. The van der Waals surface area contributed by atoms with Gasteiger partial charge in [-0.25, -0.2) is 4.79 Å². The molecule has 0 aromatic carbocycles. The molecule has 2 heterocycles. The van der Waals surface area contributed by atoms with Gasteiger partial charge in [0, 0.05) is 25.8 Å². The van der Waals surface area contributed by atoms with Crippen LogP contribution in [0.15, 0.2) is 15.7 Å². The highest BCUT2D eigenvalue weighted by Gasteiger charge is 2.23. The molecule has 1 aliphatic rings. The monoisotopic (exact) mass is 253 g/mol. The van der Waals surface area contributed by atoms with Crippen LogP contribution < -0.4 is 11.2 Å². The molecule has 3 N–H and O–H groups in total. The van der Waals surface area contributed by atoms with Crippen LogP contribution in [0, 0.1) is 5.92 Å². The van der Waals surface area contributed by atoms with Crippen molar-refractivity contribution < 1.29 is 9.90 Å². The van der Waals surface area contributed by atoms with Gasteiger partial charge in [0.2, 0.25) is 0 Å². The molecule has 1 aliphatic heterocycles. The maximum Gasteiger partial charge on any atom is 0.326 e. The number of nitrogens with one attached hydrogen (secondary N) is 2. The summed E-state index contributed by atoms with van der Waals surface area (Å²) in [5.41, 5.74) is -1.27. The number of likely N-dealkylation sites (tertiary alicyclic amines) is 1. The quantitative estimate of drug-likeness (QED) is 0.622. The summed E-state index contributed by atoms with van der Waals surface area (Å²) >= 11 is 0. The third-order valence-corrected chi connectivity index (χ3v) is 3.15. The normalized spacial score (nSPS) is 16.8. The van der Waals surface area contributed by atoms with Gasteiger partial charge >= 0.3 is 5.69 Å². The Bertz CT molecular complexity index is 511. The van der Waals surface area contributed by atoms with Gasteiger partial charge < -0.3 is 15.0 Å². The lowest BCUT2D eigenvalue weighted by atomic mass is 9.98. The number of H-pyrrole nitrogens is 2. The van der Waals surface area contributed by atoms with Crippen LogP contribution in [-0.2, 0) is 0 Å². The number of aliphatic hydroxyl groups excluding tert-OH is 1. The summed E-state index contributed by atoms with van der Waals surface area (Å²) in [4.78, 5) is 40.2. The highest BCUT2D eigenvalue weighted by atomic mass is 16.3. The SMILES string of the molecule is O=C(c1cc(=O)[nH]c(=O)[nH]1)N1CCC(CO)CC1. The van der Waals surface area contributed by atoms with Gasteiger partial charge in [0.05, 0.1) is 0 Å². The minimum absolute atomic E-state index is 0.00574. The first kappa shape index (κ1) is 12.6. The highest BCUT2D eigenvalue weighted by molar-refractivity contribution is 5.92. The lowest BCUT2D eigenvalue weighted by Crippen LogP contribution is -2.40. The van der Waals surface area contributed by atoms with E-state index in [-0.39, 0.29) is 24.1 Å². The molecule has 0 unspecified atom stereocenters. The first-order valence-electron chi connectivity index (χ1n) is 5.84. The molecule has 18 heavy (non-hydrogen) atoms. The molecule has 7 heteroatoms. The Hall–Kier alpha value is -1.89. The molecule has 0 saturated carbocycles. The molecule has 2 rings (SSSR count). The molecular formula is C11H15N3O4. The summed E-state index contributed by atoms with van der Waals surface area (Å²) in [7, 11) is 0. The number of aromatic amines is 2. The lowest BCUT2D eigenvalue weighted by molar-refractivity contribution is 0.0644. The Balaban J connectivity index is 2.12. The van der Waals surface area contributed by atoms with Crippen molar-refractivity contribution in [2.45, 2.75) is 12.8 Å². The number of aliphatic hydroxyl groups is 1. The van der Waals surface area contributed by atoms with E-state index >= 15 is 0 Å². The van der Waals surface area contributed by atoms with Crippen molar-refractivity contribution in [1.29, 1.82) is 0 Å². The van der Waals surface area contributed by atoms with E-state index in [1.165, 1.54) is 0 Å². The number of hydrogen-bond donors (Lipinski definition) is 3. The van der Waals surface area contributed by atoms with E-state index < -0.39 is 11.2 Å². The molecule has 1 amide bonds. The standard InChI is InChI=1S/C11H15N3O4/c15-6-7-1-3-14(4-2-7)10(17)8-5-9(16)13-11(18)12-8/h5,7,15H,1-4,6H2,(H2,12,13,16,18). The molecule has 1 fully saturated rings. The number of piperidine rings is 1. The zero-order valence-corrected chi connectivity index (χ0v) is 9.81. The molecule has 0 radical (unpaired) electrons. The second-order valence-corrected chi connectivity index (χ2v) is 4.42. The van der Waals surface area contributed by atoms with Crippen molar-refractivity contribution in [3.8, 4) is 0 Å². The van der Waals surface area contributed by atoms with Crippen LogP contribution in [0.5, 0.6) is 0 Å². The first-order valence-corrected chi connectivity index (χ1v) is 5.84. The van der Waals surface area contributed by atoms with Crippen molar-refractivity contribution in [3.63, 3.8) is 0 Å². The van der Waals surface area contributed by atoms with Crippen LogP contribution in [0.25, 0.3) is 0 Å². The minimum atomic E-state index is -0.684. The largest absolute Gasteiger partial charge is 0.396 e. The Morgan fingerprint density at radius 3 is 2.56 bits per heavy atom. The fraction of sp³-hybridized carbons (Fsp3) is 0.545. The smallest absolute Gasteiger partial charge is 0.326 e. The van der Waals surface area contributed by atoms with E-state index in [0.29, 0.717) is 13.1 Å². The summed E-state index contributed by atoms with van der Waals surface area (Å²) < 4.78 is 0. The number of amides is 1. The van der Waals surface area contributed by atoms with Crippen LogP contribution in [0.1, 0.15) is 23.3 Å². The summed E-state index contributed by atoms with van der Waals surface area (Å²) in [6.07, 6.45) is 1.46. The Morgan fingerprint density at radius 2 is 2.00 bits per heavy atom. The van der Waals surface area contributed by atoms with Crippen molar-refractivity contribution in [2.75, 3.05) is 19.7 Å². The molecule has 0 spiro atoms. The van der Waals surface area contributed by atoms with Gasteiger partial charge in [-0.1, -0.05) is 0 Å². The molecule has 1 aromatic heterocycles. The van der Waals surface area contributed by atoms with Crippen molar-refractivity contribution in [2.24, 2.45) is 5.92 Å². The van der Waals surface area contributed by atoms with Gasteiger partial charge in [-0.2, -0.15) is 0 Å². The number of nitrogens with zero attached hydrogens (tertiary/aromatic N) is 1. The van der Waals surface area contributed by atoms with Crippen molar-refractivity contribution >= 4 is 5.91 Å². The fourth-order valence-corrected chi connectivity index (χ4v) is 2.07. The van der Waals surface area contributed by atoms with E-state index in [1.807, 2.05) is 4.98 Å². The average Bonchev–Trinajstić information content (AvgIpc) is 2.37. The van der Waals surface area contributed by atoms with Crippen molar-refractivity contribution in [1.82, 2.24) is 14.9 Å². The molecule has 98 valence electrons. The van der Waals surface area contributed by atoms with Gasteiger partial charge in [0.15, 0.2) is 0 Å². The van der Waals surface area contributed by atoms with E-state index in [4.69, 9.17) is 5.11 Å². The summed E-state index contributed by atoms with van der Waals surface area (Å²) in [6.45, 7) is 1.18. The third-order valence-electron chi connectivity index (χ3n) is 3.15. The van der Waals surface area contributed by atoms with E-state index in [2.05, 4.69) is 4.98 Å². The molecule has 1 aromatic rings. The van der Waals surface area contributed by atoms with Crippen LogP contribution in [0.2, 0.25) is 0 Å². The van der Waals surface area contributed by atoms with Gasteiger partial charge in [-0.05, 0) is 18.8 Å². The Morgan fingerprint density at radius 1 is 1.33 bits per heavy atom. The zero-order valence-electron chi connectivity index (χ0n) is 9.81. The van der Waals surface area contributed by atoms with Crippen LogP contribution in [0.3, 0.4) is 0 Å². The number of hydrogen-bond acceptors (Lipinski definition) is 4. The minimum Gasteiger partial charge on any atom is -0.396 e. The van der Waals surface area contributed by atoms with Gasteiger partial charge in [0.1, 0.15) is 5.69 Å². The Labute approximate surface area is 102 Å². The highest BCUT2D eigenvalue weighted by Crippen LogP contribution is 2.17. The van der Waals surface area contributed by atoms with E-state index in [1.54, 1.807) is 4.90 Å². The number of carbonyl (C=O) groups is 1.